The predicted octanol–water partition coefficient (Wildman–Crippen LogP) is 27.6. The van der Waals surface area contributed by atoms with Crippen LogP contribution in [0.1, 0.15) is 476 Å². The van der Waals surface area contributed by atoms with Gasteiger partial charge in [0.2, 0.25) is 5.91 Å². The Kier molecular flexibility index (Phi) is 78.3. The summed E-state index contributed by atoms with van der Waals surface area (Å²) in [5, 5.41) is 23.3. The minimum absolute atomic E-state index is 0.0140. The van der Waals surface area contributed by atoms with Gasteiger partial charge in [-0.2, -0.15) is 0 Å². The van der Waals surface area contributed by atoms with Gasteiger partial charge < -0.3 is 20.3 Å². The van der Waals surface area contributed by atoms with Gasteiger partial charge in [0.05, 0.1) is 25.4 Å². The number of hydrogen-bond acceptors (Lipinski definition) is 5. The van der Waals surface area contributed by atoms with Crippen LogP contribution in [0.2, 0.25) is 0 Å². The van der Waals surface area contributed by atoms with Gasteiger partial charge in [-0.25, -0.2) is 0 Å². The van der Waals surface area contributed by atoms with E-state index in [9.17, 15) is 19.8 Å². The number of hydrogen-bond donors (Lipinski definition) is 3. The quantitative estimate of drug-likeness (QED) is 0.0320. The van der Waals surface area contributed by atoms with Crippen molar-refractivity contribution in [1.29, 1.82) is 0 Å². The Morgan fingerprint density at radius 3 is 0.800 bits per heavy atom. The summed E-state index contributed by atoms with van der Waals surface area (Å²) >= 11 is 0. The van der Waals surface area contributed by atoms with E-state index in [0.29, 0.717) is 19.4 Å². The van der Waals surface area contributed by atoms with Gasteiger partial charge in [0, 0.05) is 12.8 Å². The zero-order chi connectivity index (χ0) is 64.9. The molecule has 0 bridgehead atoms. The van der Waals surface area contributed by atoms with Crippen LogP contribution in [0.5, 0.6) is 0 Å². The maximum absolute atomic E-state index is 12.6. The Morgan fingerprint density at radius 1 is 0.300 bits per heavy atom. The first-order valence-electron chi connectivity index (χ1n) is 41.6. The van der Waals surface area contributed by atoms with E-state index in [1.807, 2.05) is 6.08 Å². The molecule has 0 aromatic rings. The lowest BCUT2D eigenvalue weighted by Gasteiger charge is -2.20. The SMILES string of the molecule is CCCCCC/C=C\CCCCCCCC(=O)OCCCCCCCCCCCCCCCCCCCCCCCCCCCCCCCCCCCCCC(=O)NC(CO)C(O)/C=C/CCCCCCCCCCCCCCCCCCCCCCCCC. The van der Waals surface area contributed by atoms with Gasteiger partial charge in [-0.3, -0.25) is 9.59 Å². The molecule has 0 radical (unpaired) electrons. The Balaban J connectivity index is 3.34. The lowest BCUT2D eigenvalue weighted by molar-refractivity contribution is -0.143. The van der Waals surface area contributed by atoms with E-state index < -0.39 is 12.1 Å². The highest BCUT2D eigenvalue weighted by atomic mass is 16.5. The number of carbonyl (C=O) groups is 2. The highest BCUT2D eigenvalue weighted by Crippen LogP contribution is 2.21. The third kappa shape index (κ3) is 75.4. The summed E-state index contributed by atoms with van der Waals surface area (Å²) in [6.07, 6.45) is 103. The second kappa shape index (κ2) is 79.8. The number of ether oxygens (including phenoxy) is 1. The van der Waals surface area contributed by atoms with Gasteiger partial charge in [0.1, 0.15) is 0 Å². The van der Waals surface area contributed by atoms with Gasteiger partial charge in [0.15, 0.2) is 0 Å². The van der Waals surface area contributed by atoms with Crippen LogP contribution in [-0.2, 0) is 14.3 Å². The van der Waals surface area contributed by atoms with Crippen LogP contribution in [0.3, 0.4) is 0 Å². The molecule has 2 unspecified atom stereocenters. The molecule has 0 fully saturated rings. The fourth-order valence-electron chi connectivity index (χ4n) is 13.4. The summed E-state index contributed by atoms with van der Waals surface area (Å²) in [6, 6.07) is -0.625. The number of unbranched alkanes of at least 4 members (excludes halogenated alkanes) is 66. The first-order valence-corrected chi connectivity index (χ1v) is 41.6. The first-order chi connectivity index (χ1) is 44.5. The van der Waals surface area contributed by atoms with Crippen LogP contribution >= 0.6 is 0 Å². The smallest absolute Gasteiger partial charge is 0.305 e. The summed E-state index contributed by atoms with van der Waals surface area (Å²) in [5.41, 5.74) is 0. The lowest BCUT2D eigenvalue weighted by atomic mass is 10.0. The van der Waals surface area contributed by atoms with Crippen molar-refractivity contribution in [1.82, 2.24) is 5.32 Å². The molecule has 90 heavy (non-hydrogen) atoms. The number of carbonyl (C=O) groups excluding carboxylic acids is 2. The second-order valence-electron chi connectivity index (χ2n) is 28.8. The Hall–Kier alpha value is -1.66. The van der Waals surface area contributed by atoms with Gasteiger partial charge in [0.25, 0.3) is 0 Å². The maximum atomic E-state index is 12.6. The van der Waals surface area contributed by atoms with Crippen LogP contribution < -0.4 is 5.32 Å². The molecule has 2 atom stereocenters. The van der Waals surface area contributed by atoms with Crippen molar-refractivity contribution in [3.63, 3.8) is 0 Å². The molecule has 0 spiro atoms. The topological polar surface area (TPSA) is 95.9 Å². The van der Waals surface area contributed by atoms with E-state index in [1.54, 1.807) is 6.08 Å². The summed E-state index contributed by atoms with van der Waals surface area (Å²) in [4.78, 5) is 24.6. The van der Waals surface area contributed by atoms with Crippen molar-refractivity contribution < 1.29 is 24.5 Å². The van der Waals surface area contributed by atoms with Crippen LogP contribution in [0.25, 0.3) is 0 Å². The van der Waals surface area contributed by atoms with Crippen molar-refractivity contribution in [2.45, 2.75) is 488 Å². The standard InChI is InChI=1S/C84H163NO5/c1-3-5-7-9-11-13-15-17-18-19-20-21-22-34-37-40-43-46-49-53-56-60-64-68-72-76-82(87)81(80-86)85-83(88)77-73-69-65-61-57-54-50-47-44-41-38-35-32-30-28-26-24-23-25-27-29-31-33-36-39-42-45-48-51-55-59-63-67-71-75-79-90-84(89)78-74-70-66-62-58-52-16-14-12-10-8-6-4-2/h14,16,72,76,81-82,86-87H,3-13,15,17-71,73-75,77-80H2,1-2H3,(H,85,88)/b16-14-,76-72+. The highest BCUT2D eigenvalue weighted by Gasteiger charge is 2.18. The monoisotopic (exact) mass is 1270 g/mol. The average Bonchev–Trinajstić information content (AvgIpc) is 3.62. The number of esters is 1. The van der Waals surface area contributed by atoms with E-state index in [-0.39, 0.29) is 18.5 Å². The summed E-state index contributed by atoms with van der Waals surface area (Å²) in [7, 11) is 0. The van der Waals surface area contributed by atoms with Crippen LogP contribution in [0, 0.1) is 0 Å². The molecule has 1 amide bonds. The van der Waals surface area contributed by atoms with Crippen molar-refractivity contribution in [3.8, 4) is 0 Å². The Morgan fingerprint density at radius 2 is 0.522 bits per heavy atom. The molecule has 0 aliphatic carbocycles. The second-order valence-corrected chi connectivity index (χ2v) is 28.8. The molecule has 0 aromatic carbocycles. The Bertz CT molecular complexity index is 1410. The van der Waals surface area contributed by atoms with E-state index >= 15 is 0 Å². The number of allylic oxidation sites excluding steroid dienone is 3. The molecule has 3 N–H and O–H groups in total. The lowest BCUT2D eigenvalue weighted by Crippen LogP contribution is -2.45. The minimum Gasteiger partial charge on any atom is -0.466 e. The molecule has 6 nitrogen and oxygen atoms in total. The Labute approximate surface area is 564 Å². The normalized spacial score (nSPS) is 12.5. The third-order valence-electron chi connectivity index (χ3n) is 19.7. The molecule has 6 heteroatoms. The fraction of sp³-hybridized carbons (Fsp3) is 0.929. The molecule has 0 aromatic heterocycles. The number of amides is 1. The van der Waals surface area contributed by atoms with E-state index in [1.165, 1.54) is 405 Å². The predicted molar refractivity (Wildman–Crippen MR) is 398 cm³/mol. The van der Waals surface area contributed by atoms with Crippen molar-refractivity contribution in [2.75, 3.05) is 13.2 Å². The molecule has 0 rings (SSSR count). The summed E-state index contributed by atoms with van der Waals surface area (Å²) in [6.45, 7) is 4.94. The van der Waals surface area contributed by atoms with Crippen LogP contribution in [0.15, 0.2) is 24.3 Å². The van der Waals surface area contributed by atoms with E-state index in [2.05, 4.69) is 31.3 Å². The zero-order valence-corrected chi connectivity index (χ0v) is 61.4. The summed E-state index contributed by atoms with van der Waals surface area (Å²) < 4.78 is 5.49. The highest BCUT2D eigenvalue weighted by molar-refractivity contribution is 5.76. The van der Waals surface area contributed by atoms with Gasteiger partial charge in [-0.15, -0.1) is 0 Å². The fourth-order valence-corrected chi connectivity index (χ4v) is 13.4. The van der Waals surface area contributed by atoms with Crippen LogP contribution in [0.4, 0.5) is 0 Å². The molecule has 0 saturated carbocycles. The molecular formula is C84H163NO5. The average molecular weight is 1270 g/mol. The van der Waals surface area contributed by atoms with Crippen LogP contribution in [-0.4, -0.2) is 47.4 Å². The molecular weight excluding hydrogens is 1100 g/mol. The molecule has 0 aliphatic heterocycles. The van der Waals surface area contributed by atoms with Gasteiger partial charge in [-0.1, -0.05) is 430 Å². The number of rotatable bonds is 79. The minimum atomic E-state index is -0.842. The number of aliphatic hydroxyl groups is 2. The molecule has 0 heterocycles. The van der Waals surface area contributed by atoms with Crippen molar-refractivity contribution in [3.05, 3.63) is 24.3 Å². The third-order valence-corrected chi connectivity index (χ3v) is 19.7. The number of aliphatic hydroxyl groups excluding tert-OH is 2. The molecule has 534 valence electrons. The first kappa shape index (κ1) is 88.3. The van der Waals surface area contributed by atoms with E-state index in [0.717, 1.165) is 44.9 Å². The molecule has 0 aliphatic rings. The van der Waals surface area contributed by atoms with E-state index in [4.69, 9.17) is 4.74 Å². The maximum Gasteiger partial charge on any atom is 0.305 e. The van der Waals surface area contributed by atoms with Crippen molar-refractivity contribution >= 4 is 11.9 Å². The number of nitrogens with one attached hydrogen (secondary N) is 1. The molecule has 0 saturated heterocycles. The van der Waals surface area contributed by atoms with Gasteiger partial charge in [-0.05, 0) is 57.8 Å². The van der Waals surface area contributed by atoms with Gasteiger partial charge >= 0.3 is 5.97 Å². The summed E-state index contributed by atoms with van der Waals surface area (Å²) in [5.74, 6) is -0.0428. The largest absolute Gasteiger partial charge is 0.466 e. The zero-order valence-electron chi connectivity index (χ0n) is 61.4. The van der Waals surface area contributed by atoms with Crippen molar-refractivity contribution in [2.24, 2.45) is 0 Å².